The van der Waals surface area contributed by atoms with E-state index in [9.17, 15) is 0 Å². The summed E-state index contributed by atoms with van der Waals surface area (Å²) in [5.41, 5.74) is 0.0360. The van der Waals surface area contributed by atoms with Crippen LogP contribution >= 0.6 is 12.4 Å². The third kappa shape index (κ3) is 3.81. The van der Waals surface area contributed by atoms with Crippen molar-refractivity contribution in [3.8, 4) is 0 Å². The van der Waals surface area contributed by atoms with Crippen LogP contribution < -0.4 is 5.32 Å². The highest BCUT2D eigenvalue weighted by atomic mass is 35.5. The van der Waals surface area contributed by atoms with Crippen molar-refractivity contribution in [1.29, 1.82) is 0 Å². The SMILES string of the molecule is COCCC1(OC)CCCNC1.Cl. The zero-order chi connectivity index (χ0) is 8.86. The van der Waals surface area contributed by atoms with Gasteiger partial charge >= 0.3 is 0 Å². The predicted molar refractivity (Wildman–Crippen MR) is 55.6 cm³/mol. The molecule has 3 nitrogen and oxygen atoms in total. The number of ether oxygens (including phenoxy) is 2. The second-order valence-corrected chi connectivity index (χ2v) is 3.41. The third-order valence-electron chi connectivity index (χ3n) is 2.63. The molecule has 1 aliphatic rings. The van der Waals surface area contributed by atoms with Crippen molar-refractivity contribution in [3.63, 3.8) is 0 Å². The van der Waals surface area contributed by atoms with Gasteiger partial charge in [-0.25, -0.2) is 0 Å². The molecule has 0 spiro atoms. The van der Waals surface area contributed by atoms with Crippen LogP contribution in [0.1, 0.15) is 19.3 Å². The van der Waals surface area contributed by atoms with Gasteiger partial charge in [0, 0.05) is 33.8 Å². The Kier molecular flexibility index (Phi) is 6.68. The van der Waals surface area contributed by atoms with Crippen LogP contribution in [0.3, 0.4) is 0 Å². The minimum Gasteiger partial charge on any atom is -0.385 e. The number of hydrogen-bond acceptors (Lipinski definition) is 3. The lowest BCUT2D eigenvalue weighted by Crippen LogP contribution is -2.47. The van der Waals surface area contributed by atoms with Crippen LogP contribution in [0.5, 0.6) is 0 Å². The maximum Gasteiger partial charge on any atom is 0.0824 e. The molecule has 1 unspecified atom stereocenters. The summed E-state index contributed by atoms with van der Waals surface area (Å²) < 4.78 is 10.6. The summed E-state index contributed by atoms with van der Waals surface area (Å²) >= 11 is 0. The van der Waals surface area contributed by atoms with E-state index < -0.39 is 0 Å². The molecule has 0 aromatic carbocycles. The maximum atomic E-state index is 5.54. The molecule has 80 valence electrons. The largest absolute Gasteiger partial charge is 0.385 e. The first-order valence-corrected chi connectivity index (χ1v) is 4.58. The summed E-state index contributed by atoms with van der Waals surface area (Å²) in [5, 5.41) is 3.35. The van der Waals surface area contributed by atoms with Crippen molar-refractivity contribution in [2.24, 2.45) is 0 Å². The second-order valence-electron chi connectivity index (χ2n) is 3.41. The van der Waals surface area contributed by atoms with Crippen LogP contribution in [0.4, 0.5) is 0 Å². The minimum atomic E-state index is 0. The zero-order valence-electron chi connectivity index (χ0n) is 8.47. The number of methoxy groups -OCH3 is 2. The van der Waals surface area contributed by atoms with Crippen LogP contribution in [0.2, 0.25) is 0 Å². The fourth-order valence-corrected chi connectivity index (χ4v) is 1.72. The van der Waals surface area contributed by atoms with Gasteiger partial charge in [-0.1, -0.05) is 0 Å². The van der Waals surface area contributed by atoms with E-state index in [2.05, 4.69) is 5.32 Å². The third-order valence-corrected chi connectivity index (χ3v) is 2.63. The molecule has 0 radical (unpaired) electrons. The Hall–Kier alpha value is 0.170. The average Bonchev–Trinajstić information content (AvgIpc) is 2.16. The molecule has 4 heteroatoms. The van der Waals surface area contributed by atoms with Gasteiger partial charge in [0.1, 0.15) is 0 Å². The highest BCUT2D eigenvalue weighted by Gasteiger charge is 2.30. The Bertz CT molecular complexity index is 127. The molecule has 1 N–H and O–H groups in total. The first-order valence-electron chi connectivity index (χ1n) is 4.58. The first-order chi connectivity index (χ1) is 5.83. The Morgan fingerprint density at radius 2 is 2.15 bits per heavy atom. The van der Waals surface area contributed by atoms with E-state index >= 15 is 0 Å². The summed E-state index contributed by atoms with van der Waals surface area (Å²) in [4.78, 5) is 0. The Morgan fingerprint density at radius 1 is 1.38 bits per heavy atom. The quantitative estimate of drug-likeness (QED) is 0.755. The standard InChI is InChI=1S/C9H19NO2.ClH/c1-11-7-5-9(12-2)4-3-6-10-8-9;/h10H,3-8H2,1-2H3;1H. The number of halogens is 1. The van der Waals surface area contributed by atoms with Gasteiger partial charge in [-0.3, -0.25) is 0 Å². The summed E-state index contributed by atoms with van der Waals surface area (Å²) in [6, 6.07) is 0. The molecule has 0 amide bonds. The molecule has 1 atom stereocenters. The molecule has 1 rings (SSSR count). The van der Waals surface area contributed by atoms with Gasteiger partial charge in [0.2, 0.25) is 0 Å². The van der Waals surface area contributed by atoms with E-state index in [1.165, 1.54) is 6.42 Å². The highest BCUT2D eigenvalue weighted by Crippen LogP contribution is 2.23. The van der Waals surface area contributed by atoms with Crippen LogP contribution in [-0.4, -0.2) is 39.5 Å². The number of piperidine rings is 1. The van der Waals surface area contributed by atoms with E-state index in [0.29, 0.717) is 0 Å². The molecule has 1 fully saturated rings. The lowest BCUT2D eigenvalue weighted by molar-refractivity contribution is -0.0479. The molecular weight excluding hydrogens is 190 g/mol. The Morgan fingerprint density at radius 3 is 2.62 bits per heavy atom. The maximum absolute atomic E-state index is 5.54. The Labute approximate surface area is 86.6 Å². The van der Waals surface area contributed by atoms with E-state index in [1.807, 2.05) is 0 Å². The van der Waals surface area contributed by atoms with Crippen LogP contribution in [-0.2, 0) is 9.47 Å². The fraction of sp³-hybridized carbons (Fsp3) is 1.00. The lowest BCUT2D eigenvalue weighted by atomic mass is 9.91. The molecule has 0 saturated carbocycles. The van der Waals surface area contributed by atoms with Crippen molar-refractivity contribution >= 4 is 12.4 Å². The first kappa shape index (κ1) is 13.2. The molecule has 0 aliphatic carbocycles. The average molecular weight is 210 g/mol. The zero-order valence-corrected chi connectivity index (χ0v) is 9.28. The van der Waals surface area contributed by atoms with Gasteiger partial charge < -0.3 is 14.8 Å². The lowest BCUT2D eigenvalue weighted by Gasteiger charge is -2.36. The van der Waals surface area contributed by atoms with Crippen LogP contribution in [0.25, 0.3) is 0 Å². The smallest absolute Gasteiger partial charge is 0.0824 e. The van der Waals surface area contributed by atoms with Crippen molar-refractivity contribution in [1.82, 2.24) is 5.32 Å². The van der Waals surface area contributed by atoms with E-state index in [4.69, 9.17) is 9.47 Å². The van der Waals surface area contributed by atoms with Crippen molar-refractivity contribution in [3.05, 3.63) is 0 Å². The van der Waals surface area contributed by atoms with Gasteiger partial charge in [-0.15, -0.1) is 12.4 Å². The monoisotopic (exact) mass is 209 g/mol. The highest BCUT2D eigenvalue weighted by molar-refractivity contribution is 5.85. The van der Waals surface area contributed by atoms with Crippen molar-refractivity contribution in [2.45, 2.75) is 24.9 Å². The van der Waals surface area contributed by atoms with Crippen molar-refractivity contribution in [2.75, 3.05) is 33.9 Å². The normalized spacial score (nSPS) is 28.2. The predicted octanol–water partition coefficient (Wildman–Crippen LogP) is 1.21. The fourth-order valence-electron chi connectivity index (χ4n) is 1.72. The summed E-state index contributed by atoms with van der Waals surface area (Å²) in [5.74, 6) is 0. The van der Waals surface area contributed by atoms with E-state index in [1.54, 1.807) is 14.2 Å². The molecule has 0 aromatic heterocycles. The van der Waals surface area contributed by atoms with Gasteiger partial charge in [0.05, 0.1) is 5.60 Å². The Balaban J connectivity index is 0.00000144. The number of hydrogen-bond donors (Lipinski definition) is 1. The number of rotatable bonds is 4. The van der Waals surface area contributed by atoms with E-state index in [-0.39, 0.29) is 18.0 Å². The van der Waals surface area contributed by atoms with Crippen LogP contribution in [0, 0.1) is 0 Å². The molecule has 1 aliphatic heterocycles. The molecule has 13 heavy (non-hydrogen) atoms. The molecular formula is C9H20ClNO2. The number of nitrogens with one attached hydrogen (secondary N) is 1. The summed E-state index contributed by atoms with van der Waals surface area (Å²) in [6.45, 7) is 2.88. The van der Waals surface area contributed by atoms with Gasteiger partial charge in [0.25, 0.3) is 0 Å². The van der Waals surface area contributed by atoms with Gasteiger partial charge in [0.15, 0.2) is 0 Å². The second kappa shape index (κ2) is 6.60. The molecule has 0 aromatic rings. The molecule has 1 saturated heterocycles. The topological polar surface area (TPSA) is 30.5 Å². The van der Waals surface area contributed by atoms with Gasteiger partial charge in [-0.2, -0.15) is 0 Å². The molecule has 0 bridgehead atoms. The summed E-state index contributed by atoms with van der Waals surface area (Å²) in [6.07, 6.45) is 3.35. The molecule has 1 heterocycles. The van der Waals surface area contributed by atoms with E-state index in [0.717, 1.165) is 32.5 Å². The van der Waals surface area contributed by atoms with Gasteiger partial charge in [-0.05, 0) is 19.4 Å². The summed E-state index contributed by atoms with van der Waals surface area (Å²) in [7, 11) is 3.53. The minimum absolute atomic E-state index is 0. The van der Waals surface area contributed by atoms with Crippen LogP contribution in [0.15, 0.2) is 0 Å². The van der Waals surface area contributed by atoms with Crippen molar-refractivity contribution < 1.29 is 9.47 Å².